The first-order valence-corrected chi connectivity index (χ1v) is 6.87. The summed E-state index contributed by atoms with van der Waals surface area (Å²) >= 11 is 0. The van der Waals surface area contributed by atoms with Crippen molar-refractivity contribution in [3.05, 3.63) is 35.9 Å². The molecule has 4 nitrogen and oxygen atoms in total. The van der Waals surface area contributed by atoms with Crippen LogP contribution in [-0.4, -0.2) is 31.1 Å². The Morgan fingerprint density at radius 2 is 1.88 bits per heavy atom. The van der Waals surface area contributed by atoms with Crippen LogP contribution >= 0.6 is 0 Å². The molecule has 1 aromatic carbocycles. The van der Waals surface area contributed by atoms with E-state index in [-0.39, 0.29) is 5.75 Å². The fourth-order valence-electron chi connectivity index (χ4n) is 1.55. The van der Waals surface area contributed by atoms with E-state index in [4.69, 9.17) is 10.8 Å². The fraction of sp³-hybridized carbons (Fsp3) is 0.455. The van der Waals surface area contributed by atoms with E-state index in [9.17, 15) is 8.42 Å². The van der Waals surface area contributed by atoms with Crippen molar-refractivity contribution in [1.82, 2.24) is 0 Å². The van der Waals surface area contributed by atoms with Crippen LogP contribution in [0, 0.1) is 0 Å². The summed E-state index contributed by atoms with van der Waals surface area (Å²) < 4.78 is 23.4. The second-order valence-electron chi connectivity index (χ2n) is 3.61. The summed E-state index contributed by atoms with van der Waals surface area (Å²) in [6.45, 7) is 1.10. The number of aliphatic hydroxyl groups is 1. The maximum absolute atomic E-state index is 11.7. The van der Waals surface area contributed by atoms with Gasteiger partial charge in [0.2, 0.25) is 0 Å². The third-order valence-corrected chi connectivity index (χ3v) is 4.80. The van der Waals surface area contributed by atoms with Gasteiger partial charge in [0.15, 0.2) is 9.84 Å². The van der Waals surface area contributed by atoms with Gasteiger partial charge in [0, 0.05) is 11.8 Å². The monoisotopic (exact) mass is 243 g/mol. The molecule has 0 spiro atoms. The van der Waals surface area contributed by atoms with Gasteiger partial charge in [-0.3, -0.25) is 0 Å². The number of hydrogen-bond donors (Lipinski definition) is 2. The van der Waals surface area contributed by atoms with Gasteiger partial charge >= 0.3 is 0 Å². The Morgan fingerprint density at radius 1 is 1.31 bits per heavy atom. The molecular weight excluding hydrogens is 226 g/mol. The molecular formula is C11H17NO3S. The fourth-order valence-corrected chi connectivity index (χ4v) is 2.81. The molecule has 0 fully saturated rings. The van der Waals surface area contributed by atoms with Gasteiger partial charge in [0.1, 0.15) is 5.25 Å². The van der Waals surface area contributed by atoms with Gasteiger partial charge in [0.05, 0.1) is 6.61 Å². The summed E-state index contributed by atoms with van der Waals surface area (Å²) in [5, 5.41) is 8.23. The highest BCUT2D eigenvalue weighted by Gasteiger charge is 2.30. The largest absolute Gasteiger partial charge is 0.395 e. The average Bonchev–Trinajstić information content (AvgIpc) is 2.30. The number of benzene rings is 1. The molecule has 0 aliphatic carbocycles. The lowest BCUT2D eigenvalue weighted by atomic mass is 10.1. The Bertz CT molecular complexity index is 416. The predicted octanol–water partition coefficient (Wildman–Crippen LogP) is 0.482. The van der Waals surface area contributed by atoms with Gasteiger partial charge in [-0.1, -0.05) is 37.3 Å². The van der Waals surface area contributed by atoms with Crippen LogP contribution in [0.4, 0.5) is 0 Å². The Kier molecular flexibility index (Phi) is 4.46. The first-order chi connectivity index (χ1) is 7.53. The van der Waals surface area contributed by atoms with Crippen LogP contribution in [0.15, 0.2) is 30.3 Å². The molecule has 0 amide bonds. The molecule has 0 saturated heterocycles. The van der Waals surface area contributed by atoms with E-state index in [2.05, 4.69) is 0 Å². The summed E-state index contributed by atoms with van der Waals surface area (Å²) in [5.74, 6) is -0.0151. The molecule has 0 bridgehead atoms. The molecule has 5 heteroatoms. The molecule has 90 valence electrons. The smallest absolute Gasteiger partial charge is 0.157 e. The summed E-state index contributed by atoms with van der Waals surface area (Å²) in [6, 6.07) is 8.26. The second kappa shape index (κ2) is 5.43. The van der Waals surface area contributed by atoms with Crippen molar-refractivity contribution in [3.8, 4) is 0 Å². The molecule has 1 aromatic rings. The van der Waals surface area contributed by atoms with Gasteiger partial charge in [-0.25, -0.2) is 8.42 Å². The molecule has 0 heterocycles. The Morgan fingerprint density at radius 3 is 2.31 bits per heavy atom. The summed E-state index contributed by atoms with van der Waals surface area (Å²) in [4.78, 5) is 0. The van der Waals surface area contributed by atoms with Gasteiger partial charge in [-0.05, 0) is 5.56 Å². The summed E-state index contributed by atoms with van der Waals surface area (Å²) in [6.07, 6.45) is 0. The first-order valence-electron chi connectivity index (χ1n) is 5.16. The van der Waals surface area contributed by atoms with Crippen molar-refractivity contribution in [2.24, 2.45) is 5.73 Å². The van der Waals surface area contributed by atoms with E-state index in [1.807, 2.05) is 6.07 Å². The molecule has 0 aromatic heterocycles. The van der Waals surface area contributed by atoms with Crippen LogP contribution in [0.2, 0.25) is 0 Å². The zero-order chi connectivity index (χ0) is 12.2. The summed E-state index contributed by atoms with van der Waals surface area (Å²) in [5.41, 5.74) is 6.59. The second-order valence-corrected chi connectivity index (χ2v) is 6.12. The van der Waals surface area contributed by atoms with Crippen molar-refractivity contribution in [2.75, 3.05) is 12.4 Å². The standard InChI is InChI=1S/C11H17NO3S/c1-2-16(14,15)10(8-13)11(12)9-6-4-3-5-7-9/h3-7,10-11,13H,2,8,12H2,1H3/t10-,11+/m0/s1. The maximum atomic E-state index is 11.7. The van der Waals surface area contributed by atoms with E-state index in [0.29, 0.717) is 0 Å². The van der Waals surface area contributed by atoms with Crippen LogP contribution < -0.4 is 5.73 Å². The minimum absolute atomic E-state index is 0.0151. The van der Waals surface area contributed by atoms with Gasteiger partial charge < -0.3 is 10.8 Å². The third kappa shape index (κ3) is 2.81. The number of rotatable bonds is 5. The molecule has 0 aliphatic heterocycles. The predicted molar refractivity (Wildman–Crippen MR) is 63.7 cm³/mol. The highest BCUT2D eigenvalue weighted by molar-refractivity contribution is 7.92. The Hall–Kier alpha value is -0.910. The molecule has 0 aliphatic rings. The third-order valence-electron chi connectivity index (χ3n) is 2.63. The highest BCUT2D eigenvalue weighted by atomic mass is 32.2. The molecule has 2 atom stereocenters. The van der Waals surface area contributed by atoms with Crippen molar-refractivity contribution < 1.29 is 13.5 Å². The zero-order valence-electron chi connectivity index (χ0n) is 9.20. The number of hydrogen-bond acceptors (Lipinski definition) is 4. The topological polar surface area (TPSA) is 80.4 Å². The lowest BCUT2D eigenvalue weighted by Gasteiger charge is -2.21. The Labute approximate surface area is 96.0 Å². The number of sulfone groups is 1. The SMILES string of the molecule is CCS(=O)(=O)[C@@H](CO)[C@H](N)c1ccccc1. The molecule has 0 unspecified atom stereocenters. The van der Waals surface area contributed by atoms with E-state index in [1.165, 1.54) is 0 Å². The van der Waals surface area contributed by atoms with E-state index < -0.39 is 27.7 Å². The molecule has 1 rings (SSSR count). The zero-order valence-corrected chi connectivity index (χ0v) is 10.0. The van der Waals surface area contributed by atoms with E-state index >= 15 is 0 Å². The van der Waals surface area contributed by atoms with Crippen LogP contribution in [0.1, 0.15) is 18.5 Å². The van der Waals surface area contributed by atoms with Crippen LogP contribution in [0.25, 0.3) is 0 Å². The average molecular weight is 243 g/mol. The molecule has 0 saturated carbocycles. The van der Waals surface area contributed by atoms with E-state index in [1.54, 1.807) is 31.2 Å². The number of nitrogens with two attached hydrogens (primary N) is 1. The van der Waals surface area contributed by atoms with E-state index in [0.717, 1.165) is 5.56 Å². The lowest BCUT2D eigenvalue weighted by molar-refractivity contribution is 0.277. The first kappa shape index (κ1) is 13.2. The maximum Gasteiger partial charge on any atom is 0.157 e. The quantitative estimate of drug-likeness (QED) is 0.788. The lowest BCUT2D eigenvalue weighted by Crippen LogP contribution is -2.37. The summed E-state index contributed by atoms with van der Waals surface area (Å²) in [7, 11) is -3.33. The Balaban J connectivity index is 2.99. The number of aliphatic hydroxyl groups excluding tert-OH is 1. The molecule has 0 radical (unpaired) electrons. The highest BCUT2D eigenvalue weighted by Crippen LogP contribution is 2.19. The van der Waals surface area contributed by atoms with Crippen molar-refractivity contribution in [2.45, 2.75) is 18.2 Å². The van der Waals surface area contributed by atoms with Crippen LogP contribution in [0.3, 0.4) is 0 Å². The van der Waals surface area contributed by atoms with Crippen molar-refractivity contribution in [1.29, 1.82) is 0 Å². The minimum atomic E-state index is -3.33. The van der Waals surface area contributed by atoms with Crippen LogP contribution in [-0.2, 0) is 9.84 Å². The van der Waals surface area contributed by atoms with Crippen molar-refractivity contribution >= 4 is 9.84 Å². The minimum Gasteiger partial charge on any atom is -0.395 e. The van der Waals surface area contributed by atoms with Gasteiger partial charge in [-0.2, -0.15) is 0 Å². The normalized spacial score (nSPS) is 15.7. The van der Waals surface area contributed by atoms with Crippen molar-refractivity contribution in [3.63, 3.8) is 0 Å². The molecule has 3 N–H and O–H groups in total. The van der Waals surface area contributed by atoms with Gasteiger partial charge in [-0.15, -0.1) is 0 Å². The molecule has 16 heavy (non-hydrogen) atoms. The van der Waals surface area contributed by atoms with Gasteiger partial charge in [0.25, 0.3) is 0 Å². The van der Waals surface area contributed by atoms with Crippen LogP contribution in [0.5, 0.6) is 0 Å².